The number of hydrogen-bond donors (Lipinski definition) is 6. The molecule has 0 unspecified atom stereocenters. The van der Waals surface area contributed by atoms with Gasteiger partial charge in [-0.2, -0.15) is 0 Å². The van der Waals surface area contributed by atoms with Gasteiger partial charge in [0.05, 0.1) is 60.7 Å². The van der Waals surface area contributed by atoms with Crippen LogP contribution in [0.3, 0.4) is 0 Å². The van der Waals surface area contributed by atoms with Gasteiger partial charge in [0.2, 0.25) is 0 Å². The number of phenols is 1. The topological polar surface area (TPSA) is 168 Å². The van der Waals surface area contributed by atoms with Crippen LogP contribution in [0.2, 0.25) is 0 Å². The Morgan fingerprint density at radius 1 is 0.871 bits per heavy atom. The lowest BCUT2D eigenvalue weighted by Crippen LogP contribution is -2.36. The van der Waals surface area contributed by atoms with Gasteiger partial charge >= 0.3 is 0 Å². The Kier molecular flexibility index (Phi) is 6.01. The molecule has 0 bridgehead atoms. The van der Waals surface area contributed by atoms with Gasteiger partial charge in [-0.25, -0.2) is 4.73 Å². The summed E-state index contributed by atoms with van der Waals surface area (Å²) < 4.78 is 0.681. The minimum Gasteiger partial charge on any atom is -0.507 e. The lowest BCUT2D eigenvalue weighted by Gasteiger charge is -2.26. The number of allylic oxidation sites excluding steroid dienone is 2. The van der Waals surface area contributed by atoms with Crippen molar-refractivity contribution >= 4 is 11.4 Å². The molecule has 3 aliphatic rings. The first-order valence-electron chi connectivity index (χ1n) is 9.54. The summed E-state index contributed by atoms with van der Waals surface area (Å²) in [4.78, 5) is 22.1. The molecule has 0 spiro atoms. The molecule has 0 aromatic heterocycles. The number of phenolic OH excluding ortho intramolecular Hbond substituents is 1. The van der Waals surface area contributed by atoms with Crippen LogP contribution in [0, 0.1) is 0 Å². The van der Waals surface area contributed by atoms with E-state index in [0.717, 1.165) is 6.20 Å². The van der Waals surface area contributed by atoms with Gasteiger partial charge in [0, 0.05) is 11.8 Å². The number of pyridine rings is 1. The first-order chi connectivity index (χ1) is 14.6. The lowest BCUT2D eigenvalue weighted by molar-refractivity contribution is 0.135. The van der Waals surface area contributed by atoms with E-state index >= 15 is 0 Å². The van der Waals surface area contributed by atoms with Crippen LogP contribution in [0.15, 0.2) is 45.4 Å². The highest BCUT2D eigenvalue weighted by atomic mass is 16.5. The van der Waals surface area contributed by atoms with Gasteiger partial charge in [-0.05, 0) is 32.1 Å². The Morgan fingerprint density at radius 2 is 1.35 bits per heavy atom. The highest BCUT2D eigenvalue weighted by molar-refractivity contribution is 6.27. The summed E-state index contributed by atoms with van der Waals surface area (Å²) in [6.45, 7) is 1.07. The van der Waals surface area contributed by atoms with E-state index in [9.17, 15) is 35.5 Å². The molecule has 0 fully saturated rings. The third-order valence-corrected chi connectivity index (χ3v) is 5.21. The largest absolute Gasteiger partial charge is 0.507 e. The zero-order valence-electron chi connectivity index (χ0n) is 17.1. The van der Waals surface area contributed by atoms with Crippen molar-refractivity contribution in [2.75, 3.05) is 26.4 Å². The second-order valence-electron chi connectivity index (χ2n) is 8.03. The number of aliphatic hydroxyl groups excluding tert-OH is 4. The van der Waals surface area contributed by atoms with Gasteiger partial charge in [0.25, 0.3) is 0 Å². The number of aromatic hydroxyl groups is 1. The van der Waals surface area contributed by atoms with Gasteiger partial charge in [0.15, 0.2) is 5.43 Å². The average molecular weight is 431 g/mol. The fourth-order valence-electron chi connectivity index (χ4n) is 3.20. The van der Waals surface area contributed by atoms with Crippen molar-refractivity contribution in [2.45, 2.75) is 24.9 Å². The zero-order chi connectivity index (χ0) is 23.0. The van der Waals surface area contributed by atoms with Crippen LogP contribution in [0.1, 0.15) is 25.0 Å². The van der Waals surface area contributed by atoms with E-state index in [1.54, 1.807) is 0 Å². The molecule has 2 aliphatic carbocycles. The Labute approximate surface area is 177 Å². The Balaban J connectivity index is 2.44. The summed E-state index contributed by atoms with van der Waals surface area (Å²) in [6.07, 6.45) is 5.31. The maximum atomic E-state index is 13.4. The summed E-state index contributed by atoms with van der Waals surface area (Å²) >= 11 is 0. The first-order valence-corrected chi connectivity index (χ1v) is 9.54. The van der Waals surface area contributed by atoms with Crippen LogP contribution in [-0.2, 0) is 0 Å². The maximum absolute atomic E-state index is 13.4. The normalized spacial score (nSPS) is 17.0. The van der Waals surface area contributed by atoms with Crippen molar-refractivity contribution < 1.29 is 30.7 Å². The van der Waals surface area contributed by atoms with Crippen LogP contribution in [0.4, 0.5) is 0 Å². The molecule has 31 heavy (non-hydrogen) atoms. The third-order valence-electron chi connectivity index (χ3n) is 5.21. The number of aromatic nitrogens is 1. The molecule has 0 amide bonds. The number of fused-ring (bicyclic) bond motifs is 2. The fraction of sp³-hybridized carbons (Fsp3) is 0.381. The minimum atomic E-state index is -1.29. The van der Waals surface area contributed by atoms with E-state index in [1.807, 2.05) is 0 Å². The van der Waals surface area contributed by atoms with E-state index in [4.69, 9.17) is 0 Å². The van der Waals surface area contributed by atoms with Crippen molar-refractivity contribution in [1.82, 2.24) is 4.73 Å². The Bertz CT molecular complexity index is 1110. The molecule has 0 atom stereocenters. The first kappa shape index (κ1) is 22.6. The minimum absolute atomic E-state index is 0.0189. The van der Waals surface area contributed by atoms with Crippen molar-refractivity contribution in [1.29, 1.82) is 0 Å². The summed E-state index contributed by atoms with van der Waals surface area (Å²) in [5, 5.41) is 59.3. The van der Waals surface area contributed by atoms with Gasteiger partial charge < -0.3 is 30.7 Å². The third kappa shape index (κ3) is 3.98. The average Bonchev–Trinajstić information content (AvgIpc) is 2.77. The predicted octanol–water partition coefficient (Wildman–Crippen LogP) is -0.469. The van der Waals surface area contributed by atoms with E-state index in [2.05, 4.69) is 9.98 Å². The number of hydrogen-bond acceptors (Lipinski definition) is 9. The maximum Gasteiger partial charge on any atom is 0.198 e. The number of benzene rings is 1. The molecule has 1 heterocycles. The van der Waals surface area contributed by atoms with Crippen LogP contribution in [0.25, 0.3) is 11.1 Å². The monoisotopic (exact) mass is 431 g/mol. The molecule has 10 heteroatoms. The summed E-state index contributed by atoms with van der Waals surface area (Å²) in [6, 6.07) is 1.36. The number of rotatable bonds is 6. The summed E-state index contributed by atoms with van der Waals surface area (Å²) in [5.41, 5.74) is -2.69. The Morgan fingerprint density at radius 3 is 1.84 bits per heavy atom. The SMILES string of the molecule is CC(CO)(CO)N=C1C=CC(=NC(C)(CO)CO)c2c1c(O)c1ccn(O)cc-1c2=O. The molecular weight excluding hydrogens is 406 g/mol. The van der Waals surface area contributed by atoms with E-state index in [1.165, 1.54) is 38.3 Å². The molecule has 1 aliphatic heterocycles. The van der Waals surface area contributed by atoms with Crippen molar-refractivity contribution in [3.05, 3.63) is 52.0 Å². The molecule has 0 aromatic carbocycles. The van der Waals surface area contributed by atoms with Gasteiger partial charge in [-0.3, -0.25) is 14.8 Å². The summed E-state index contributed by atoms with van der Waals surface area (Å²) in [7, 11) is 0. The van der Waals surface area contributed by atoms with Crippen LogP contribution >= 0.6 is 0 Å². The highest BCUT2D eigenvalue weighted by Gasteiger charge is 2.33. The summed E-state index contributed by atoms with van der Waals surface area (Å²) in [5.74, 6) is -0.297. The standard InChI is InChI=1S/C21H25N3O7/c1-20(8-25,9-26)22-14-3-4-15(23-21(2,10-27)11-28)17-16(14)18(29)12-5-6-24(31)7-13(12)19(17)30/h3-7,25-29,31H,8-11H2,1-2H3. The Hall–Kier alpha value is -3.05. The second kappa shape index (κ2) is 8.23. The van der Waals surface area contributed by atoms with Crippen LogP contribution < -0.4 is 5.43 Å². The van der Waals surface area contributed by atoms with Crippen LogP contribution in [0.5, 0.6) is 5.75 Å². The van der Waals surface area contributed by atoms with Crippen molar-refractivity contribution in [3.63, 3.8) is 0 Å². The second-order valence-corrected chi connectivity index (χ2v) is 8.03. The predicted molar refractivity (Wildman–Crippen MR) is 114 cm³/mol. The molecular formula is C21H25N3O7. The van der Waals surface area contributed by atoms with Crippen molar-refractivity contribution in [3.8, 4) is 16.9 Å². The fourth-order valence-corrected chi connectivity index (χ4v) is 3.20. The van der Waals surface area contributed by atoms with Crippen molar-refractivity contribution in [2.24, 2.45) is 9.98 Å². The molecule has 6 N–H and O–H groups in total. The number of aliphatic imine (C=N–C) groups is 2. The van der Waals surface area contributed by atoms with E-state index in [-0.39, 0.29) is 39.4 Å². The molecule has 166 valence electrons. The molecule has 10 nitrogen and oxygen atoms in total. The van der Waals surface area contributed by atoms with E-state index < -0.39 is 42.9 Å². The van der Waals surface area contributed by atoms with E-state index in [0.29, 0.717) is 4.73 Å². The lowest BCUT2D eigenvalue weighted by atomic mass is 9.86. The molecule has 0 aromatic rings. The van der Waals surface area contributed by atoms with Gasteiger partial charge in [-0.1, -0.05) is 0 Å². The highest BCUT2D eigenvalue weighted by Crippen LogP contribution is 2.36. The van der Waals surface area contributed by atoms with Crippen LogP contribution in [-0.4, -0.2) is 84.4 Å². The number of nitrogens with zero attached hydrogens (tertiary/aromatic N) is 3. The smallest absolute Gasteiger partial charge is 0.198 e. The van der Waals surface area contributed by atoms with Gasteiger partial charge in [0.1, 0.15) is 16.8 Å². The zero-order valence-corrected chi connectivity index (χ0v) is 17.1. The molecule has 0 saturated carbocycles. The number of aliphatic hydroxyl groups is 4. The molecule has 3 rings (SSSR count). The molecule has 0 saturated heterocycles. The molecule has 0 radical (unpaired) electrons. The quantitative estimate of drug-likeness (QED) is 0.336. The van der Waals surface area contributed by atoms with Gasteiger partial charge in [-0.15, -0.1) is 0 Å².